The summed E-state index contributed by atoms with van der Waals surface area (Å²) < 4.78 is 29.0. The monoisotopic (exact) mass is 464 g/mol. The molecule has 0 aliphatic carbocycles. The first-order chi connectivity index (χ1) is 15.4. The molecule has 10 heteroatoms. The van der Waals surface area contributed by atoms with Gasteiger partial charge in [0.05, 0.1) is 5.69 Å². The van der Waals surface area contributed by atoms with E-state index in [4.69, 9.17) is 0 Å². The number of nitrogens with zero attached hydrogens (tertiary/aromatic N) is 3. The van der Waals surface area contributed by atoms with Crippen molar-refractivity contribution in [3.63, 3.8) is 0 Å². The van der Waals surface area contributed by atoms with Gasteiger partial charge >= 0.3 is 12.6 Å². The molecule has 1 aromatic carbocycles. The molecule has 0 spiro atoms. The summed E-state index contributed by atoms with van der Waals surface area (Å²) in [6.07, 6.45) is 3.39. The lowest BCUT2D eigenvalue weighted by Gasteiger charge is -2.33. The second-order valence-corrected chi connectivity index (χ2v) is 9.26. The molecule has 0 radical (unpaired) electrons. The zero-order chi connectivity index (χ0) is 22.7. The highest BCUT2D eigenvalue weighted by atomic mass is 32.1. The molecule has 0 bridgehead atoms. The van der Waals surface area contributed by atoms with Gasteiger partial charge in [-0.3, -0.25) is 4.79 Å². The van der Waals surface area contributed by atoms with E-state index in [1.807, 2.05) is 16.7 Å². The van der Waals surface area contributed by atoms with Gasteiger partial charge in [0.2, 0.25) is 5.91 Å². The maximum atomic E-state index is 12.8. The second kappa shape index (κ2) is 9.81. The molecule has 1 aromatic heterocycles. The minimum absolute atomic E-state index is 0.0831. The first kappa shape index (κ1) is 22.4. The van der Waals surface area contributed by atoms with Crippen molar-refractivity contribution in [2.75, 3.05) is 31.5 Å². The van der Waals surface area contributed by atoms with Gasteiger partial charge in [-0.1, -0.05) is 0 Å². The van der Waals surface area contributed by atoms with Crippen LogP contribution in [0, 0.1) is 12.8 Å². The molecule has 1 N–H and O–H groups in total. The van der Waals surface area contributed by atoms with E-state index < -0.39 is 6.61 Å². The summed E-state index contributed by atoms with van der Waals surface area (Å²) in [5, 5.41) is 3.42. The Morgan fingerprint density at radius 1 is 1.09 bits per heavy atom. The second-order valence-electron chi connectivity index (χ2n) is 8.05. The number of carbonyl (C=O) groups is 2. The van der Waals surface area contributed by atoms with E-state index in [1.54, 1.807) is 12.1 Å². The van der Waals surface area contributed by atoms with E-state index in [9.17, 15) is 18.4 Å². The fraction of sp³-hybridized carbons (Fsp3) is 0.500. The highest BCUT2D eigenvalue weighted by Gasteiger charge is 2.30. The summed E-state index contributed by atoms with van der Waals surface area (Å²) in [7, 11) is 0. The number of hydrogen-bond donors (Lipinski definition) is 1. The van der Waals surface area contributed by atoms with E-state index in [-0.39, 0.29) is 23.6 Å². The molecule has 4 rings (SSSR count). The lowest BCUT2D eigenvalue weighted by atomic mass is 9.96. The average Bonchev–Trinajstić information content (AvgIpc) is 3.43. The van der Waals surface area contributed by atoms with Gasteiger partial charge < -0.3 is 19.9 Å². The van der Waals surface area contributed by atoms with Crippen molar-refractivity contribution in [2.24, 2.45) is 5.92 Å². The zero-order valence-corrected chi connectivity index (χ0v) is 18.7. The highest BCUT2D eigenvalue weighted by Crippen LogP contribution is 2.32. The van der Waals surface area contributed by atoms with Crippen LogP contribution >= 0.6 is 11.3 Å². The third-order valence-electron chi connectivity index (χ3n) is 5.89. The third-order valence-corrected chi connectivity index (χ3v) is 6.78. The van der Waals surface area contributed by atoms with Crippen LogP contribution in [0.25, 0.3) is 11.3 Å². The van der Waals surface area contributed by atoms with Crippen LogP contribution in [-0.4, -0.2) is 59.5 Å². The van der Waals surface area contributed by atoms with Crippen LogP contribution in [0.4, 0.5) is 18.7 Å². The number of nitrogens with one attached hydrogen (secondary N) is 1. The van der Waals surface area contributed by atoms with Crippen LogP contribution in [0.3, 0.4) is 0 Å². The number of anilines is 1. The summed E-state index contributed by atoms with van der Waals surface area (Å²) in [5.74, 6) is -0.157. The van der Waals surface area contributed by atoms with Crippen LogP contribution in [-0.2, 0) is 4.79 Å². The normalized spacial score (nSPS) is 17.1. The molecular formula is C22H26F2N4O3S. The molecule has 172 valence electrons. The van der Waals surface area contributed by atoms with Crippen LogP contribution in [0.15, 0.2) is 24.3 Å². The van der Waals surface area contributed by atoms with E-state index in [2.05, 4.69) is 15.0 Å². The number of ether oxygens (including phenoxy) is 1. The largest absolute Gasteiger partial charge is 0.435 e. The first-order valence-electron chi connectivity index (χ1n) is 10.8. The van der Waals surface area contributed by atoms with E-state index in [1.165, 1.54) is 23.5 Å². The van der Waals surface area contributed by atoms with Crippen molar-refractivity contribution < 1.29 is 23.1 Å². The fourth-order valence-corrected chi connectivity index (χ4v) is 5.00. The van der Waals surface area contributed by atoms with Gasteiger partial charge in [0.1, 0.15) is 5.75 Å². The Morgan fingerprint density at radius 3 is 2.34 bits per heavy atom. The predicted octanol–water partition coefficient (Wildman–Crippen LogP) is 4.59. The summed E-state index contributed by atoms with van der Waals surface area (Å²) in [6.45, 7) is 1.86. The summed E-state index contributed by atoms with van der Waals surface area (Å²) in [4.78, 5) is 34.5. The number of aromatic nitrogens is 1. The molecule has 0 atom stereocenters. The van der Waals surface area contributed by atoms with Crippen LogP contribution in [0.2, 0.25) is 0 Å². The number of alkyl halides is 2. The van der Waals surface area contributed by atoms with Crippen molar-refractivity contribution >= 4 is 28.4 Å². The van der Waals surface area contributed by atoms with E-state index in [0.29, 0.717) is 36.8 Å². The van der Waals surface area contributed by atoms with Gasteiger partial charge in [0, 0.05) is 42.5 Å². The molecule has 32 heavy (non-hydrogen) atoms. The number of piperidine rings is 1. The first-order valence-corrected chi connectivity index (χ1v) is 11.6. The Morgan fingerprint density at radius 2 is 1.72 bits per heavy atom. The maximum absolute atomic E-state index is 12.8. The molecule has 3 amide bonds. The number of urea groups is 1. The molecule has 2 aliphatic heterocycles. The molecule has 3 heterocycles. The standard InChI is InChI=1S/C22H26F2N4O3S/c1-14-18(15-4-6-17(7-5-15)31-20(23)24)25-21(32-14)26-19(29)16-8-12-28(13-9-16)22(30)27-10-2-3-11-27/h4-7,16,20H,2-3,8-13H2,1H3,(H,25,26,29). The Bertz CT molecular complexity index is 953. The van der Waals surface area contributed by atoms with Gasteiger partial charge in [-0.15, -0.1) is 11.3 Å². The smallest absolute Gasteiger partial charge is 0.387 e. The van der Waals surface area contributed by atoms with Crippen molar-refractivity contribution in [3.8, 4) is 17.0 Å². The van der Waals surface area contributed by atoms with Crippen LogP contribution in [0.5, 0.6) is 5.75 Å². The van der Waals surface area contributed by atoms with Crippen molar-refractivity contribution in [1.29, 1.82) is 0 Å². The lowest BCUT2D eigenvalue weighted by molar-refractivity contribution is -0.121. The SMILES string of the molecule is Cc1sc(NC(=O)C2CCN(C(=O)N3CCCC3)CC2)nc1-c1ccc(OC(F)F)cc1. The number of hydrogen-bond acceptors (Lipinski definition) is 5. The number of amides is 3. The van der Waals surface area contributed by atoms with Crippen LogP contribution in [0.1, 0.15) is 30.6 Å². The van der Waals surface area contributed by atoms with E-state index >= 15 is 0 Å². The Kier molecular flexibility index (Phi) is 6.88. The number of benzene rings is 1. The van der Waals surface area contributed by atoms with Gasteiger partial charge in [-0.2, -0.15) is 8.78 Å². The van der Waals surface area contributed by atoms with Crippen LogP contribution < -0.4 is 10.1 Å². The molecule has 0 saturated carbocycles. The minimum Gasteiger partial charge on any atom is -0.435 e. The fourth-order valence-electron chi connectivity index (χ4n) is 4.16. The van der Waals surface area contributed by atoms with Gasteiger partial charge in [0.15, 0.2) is 5.13 Å². The Hall–Kier alpha value is -2.75. The van der Waals surface area contributed by atoms with Gasteiger partial charge in [-0.05, 0) is 56.9 Å². The number of halogens is 2. The van der Waals surface area contributed by atoms with Gasteiger partial charge in [0.25, 0.3) is 0 Å². The molecule has 7 nitrogen and oxygen atoms in total. The number of carbonyl (C=O) groups excluding carboxylic acids is 2. The predicted molar refractivity (Wildman–Crippen MR) is 118 cm³/mol. The Labute approximate surface area is 189 Å². The number of rotatable bonds is 5. The Balaban J connectivity index is 1.33. The molecule has 2 aliphatic rings. The highest BCUT2D eigenvalue weighted by molar-refractivity contribution is 7.16. The van der Waals surface area contributed by atoms with Crippen molar-refractivity contribution in [3.05, 3.63) is 29.1 Å². The quantitative estimate of drug-likeness (QED) is 0.703. The molecule has 2 fully saturated rings. The lowest BCUT2D eigenvalue weighted by Crippen LogP contribution is -2.47. The summed E-state index contributed by atoms with van der Waals surface area (Å²) in [5.41, 5.74) is 1.45. The summed E-state index contributed by atoms with van der Waals surface area (Å²) >= 11 is 1.37. The topological polar surface area (TPSA) is 74.8 Å². The van der Waals surface area contributed by atoms with E-state index in [0.717, 1.165) is 36.4 Å². The van der Waals surface area contributed by atoms with Crippen molar-refractivity contribution in [1.82, 2.24) is 14.8 Å². The third kappa shape index (κ3) is 5.17. The summed E-state index contributed by atoms with van der Waals surface area (Å²) in [6, 6.07) is 6.36. The molecular weight excluding hydrogens is 438 g/mol. The molecule has 2 aromatic rings. The number of thiazole rings is 1. The van der Waals surface area contributed by atoms with Crippen molar-refractivity contribution in [2.45, 2.75) is 39.2 Å². The average molecular weight is 465 g/mol. The molecule has 0 unspecified atom stereocenters. The minimum atomic E-state index is -2.87. The molecule has 2 saturated heterocycles. The number of likely N-dealkylation sites (tertiary alicyclic amines) is 2. The maximum Gasteiger partial charge on any atom is 0.387 e. The zero-order valence-electron chi connectivity index (χ0n) is 17.9. The number of aryl methyl sites for hydroxylation is 1. The van der Waals surface area contributed by atoms with Gasteiger partial charge in [-0.25, -0.2) is 9.78 Å².